The Morgan fingerprint density at radius 1 is 1.12 bits per heavy atom. The molecule has 0 spiro atoms. The van der Waals surface area contributed by atoms with Crippen molar-refractivity contribution >= 4 is 17.2 Å². The highest BCUT2D eigenvalue weighted by Crippen LogP contribution is 2.11. The van der Waals surface area contributed by atoms with Gasteiger partial charge in [-0.05, 0) is 29.9 Å². The van der Waals surface area contributed by atoms with E-state index in [1.165, 1.54) is 10.4 Å². The molecule has 1 aromatic carbocycles. The van der Waals surface area contributed by atoms with Crippen molar-refractivity contribution in [3.63, 3.8) is 0 Å². The second-order valence-electron chi connectivity index (χ2n) is 5.99. The molecule has 3 aromatic rings. The van der Waals surface area contributed by atoms with E-state index in [0.29, 0.717) is 13.0 Å². The van der Waals surface area contributed by atoms with Gasteiger partial charge in [0.2, 0.25) is 5.91 Å². The van der Waals surface area contributed by atoms with Crippen molar-refractivity contribution in [2.45, 2.75) is 32.2 Å². The Bertz CT molecular complexity index is 765. The largest absolute Gasteiger partial charge is 0.356 e. The number of nitrogens with zero attached hydrogens (tertiary/aromatic N) is 2. The zero-order valence-corrected chi connectivity index (χ0v) is 15.0. The molecule has 0 aliphatic rings. The SMILES string of the molecule is O=C(CCCc1cccs1)NCCc1nccn1Cc1ccccc1. The smallest absolute Gasteiger partial charge is 0.220 e. The predicted octanol–water partition coefficient (Wildman–Crippen LogP) is 3.67. The number of hydrogen-bond donors (Lipinski definition) is 1. The summed E-state index contributed by atoms with van der Waals surface area (Å²) >= 11 is 1.75. The van der Waals surface area contributed by atoms with Crippen LogP contribution in [0.1, 0.15) is 29.1 Å². The molecule has 4 nitrogen and oxygen atoms in total. The molecule has 5 heteroatoms. The van der Waals surface area contributed by atoms with Crippen LogP contribution in [0.5, 0.6) is 0 Å². The summed E-state index contributed by atoms with van der Waals surface area (Å²) in [6.07, 6.45) is 7.01. The Morgan fingerprint density at radius 2 is 2.00 bits per heavy atom. The van der Waals surface area contributed by atoms with Crippen molar-refractivity contribution in [1.29, 1.82) is 0 Å². The van der Waals surface area contributed by atoms with E-state index >= 15 is 0 Å². The number of amides is 1. The van der Waals surface area contributed by atoms with Gasteiger partial charge < -0.3 is 9.88 Å². The molecule has 2 heterocycles. The van der Waals surface area contributed by atoms with Gasteiger partial charge in [0.15, 0.2) is 0 Å². The average Bonchev–Trinajstić information content (AvgIpc) is 3.28. The van der Waals surface area contributed by atoms with Gasteiger partial charge in [-0.25, -0.2) is 4.98 Å². The molecule has 25 heavy (non-hydrogen) atoms. The van der Waals surface area contributed by atoms with E-state index in [9.17, 15) is 4.79 Å². The summed E-state index contributed by atoms with van der Waals surface area (Å²) < 4.78 is 2.14. The highest BCUT2D eigenvalue weighted by Gasteiger charge is 2.06. The monoisotopic (exact) mass is 353 g/mol. The van der Waals surface area contributed by atoms with Crippen molar-refractivity contribution in [2.75, 3.05) is 6.54 Å². The van der Waals surface area contributed by atoms with Crippen molar-refractivity contribution in [3.8, 4) is 0 Å². The van der Waals surface area contributed by atoms with Gasteiger partial charge in [-0.3, -0.25) is 4.79 Å². The minimum absolute atomic E-state index is 0.123. The van der Waals surface area contributed by atoms with E-state index < -0.39 is 0 Å². The molecule has 0 fully saturated rings. The number of thiophene rings is 1. The summed E-state index contributed by atoms with van der Waals surface area (Å²) in [6, 6.07) is 14.5. The summed E-state index contributed by atoms with van der Waals surface area (Å²) in [4.78, 5) is 17.7. The second-order valence-corrected chi connectivity index (χ2v) is 7.02. The van der Waals surface area contributed by atoms with Crippen molar-refractivity contribution in [2.24, 2.45) is 0 Å². The second kappa shape index (κ2) is 9.18. The minimum Gasteiger partial charge on any atom is -0.356 e. The summed E-state index contributed by atoms with van der Waals surface area (Å²) in [5.74, 6) is 1.13. The van der Waals surface area contributed by atoms with Gasteiger partial charge in [-0.1, -0.05) is 36.4 Å². The molecular formula is C20H23N3OS. The fraction of sp³-hybridized carbons (Fsp3) is 0.300. The van der Waals surface area contributed by atoms with E-state index in [1.807, 2.05) is 30.6 Å². The molecule has 1 amide bonds. The van der Waals surface area contributed by atoms with Crippen LogP contribution in [-0.4, -0.2) is 22.0 Å². The average molecular weight is 353 g/mol. The van der Waals surface area contributed by atoms with Gasteiger partial charge in [0, 0.05) is 43.2 Å². The maximum atomic E-state index is 11.9. The Hall–Kier alpha value is -2.40. The first kappa shape index (κ1) is 17.4. The van der Waals surface area contributed by atoms with Crippen LogP contribution in [0.2, 0.25) is 0 Å². The fourth-order valence-electron chi connectivity index (χ4n) is 2.77. The third kappa shape index (κ3) is 5.57. The van der Waals surface area contributed by atoms with Gasteiger partial charge in [0.05, 0.1) is 0 Å². The molecule has 2 aromatic heterocycles. The van der Waals surface area contributed by atoms with Crippen LogP contribution in [0.4, 0.5) is 0 Å². The third-order valence-corrected chi connectivity index (χ3v) is 5.01. The number of carbonyl (C=O) groups excluding carboxylic acids is 1. The Balaban J connectivity index is 1.39. The predicted molar refractivity (Wildman–Crippen MR) is 102 cm³/mol. The highest BCUT2D eigenvalue weighted by atomic mass is 32.1. The quantitative estimate of drug-likeness (QED) is 0.638. The number of carbonyl (C=O) groups is 1. The lowest BCUT2D eigenvalue weighted by Gasteiger charge is -2.09. The first-order valence-corrected chi connectivity index (χ1v) is 9.52. The van der Waals surface area contributed by atoms with E-state index in [0.717, 1.165) is 31.6 Å². The molecule has 0 aliphatic carbocycles. The van der Waals surface area contributed by atoms with Crippen molar-refractivity contribution in [1.82, 2.24) is 14.9 Å². The van der Waals surface area contributed by atoms with Crippen molar-refractivity contribution < 1.29 is 4.79 Å². The first-order valence-electron chi connectivity index (χ1n) is 8.64. The van der Waals surface area contributed by atoms with E-state index in [1.54, 1.807) is 11.3 Å². The Labute approximate surface area is 152 Å². The van der Waals surface area contributed by atoms with Crippen LogP contribution in [0.15, 0.2) is 60.2 Å². The van der Waals surface area contributed by atoms with Gasteiger partial charge in [0.25, 0.3) is 0 Å². The lowest BCUT2D eigenvalue weighted by Crippen LogP contribution is -2.26. The first-order chi connectivity index (χ1) is 12.3. The number of aryl methyl sites for hydroxylation is 1. The fourth-order valence-corrected chi connectivity index (χ4v) is 3.52. The van der Waals surface area contributed by atoms with Crippen LogP contribution >= 0.6 is 11.3 Å². The molecule has 0 bridgehead atoms. The van der Waals surface area contributed by atoms with Crippen LogP contribution in [0, 0.1) is 0 Å². The minimum atomic E-state index is 0.123. The topological polar surface area (TPSA) is 46.9 Å². The zero-order chi connectivity index (χ0) is 17.3. The Kier molecular flexibility index (Phi) is 6.40. The standard InChI is InChI=1S/C20H23N3OS/c24-20(10-4-8-18-9-5-15-25-18)22-12-11-19-21-13-14-23(19)16-17-6-2-1-3-7-17/h1-3,5-7,9,13-15H,4,8,10-12,16H2,(H,22,24). The van der Waals surface area contributed by atoms with Crippen LogP contribution < -0.4 is 5.32 Å². The summed E-state index contributed by atoms with van der Waals surface area (Å²) in [5, 5.41) is 5.08. The van der Waals surface area contributed by atoms with Crippen LogP contribution in [-0.2, 0) is 24.2 Å². The maximum Gasteiger partial charge on any atom is 0.220 e. The summed E-state index contributed by atoms with van der Waals surface area (Å²) in [6.45, 7) is 1.44. The Morgan fingerprint density at radius 3 is 2.80 bits per heavy atom. The molecule has 0 atom stereocenters. The summed E-state index contributed by atoms with van der Waals surface area (Å²) in [5.41, 5.74) is 1.25. The number of hydrogen-bond acceptors (Lipinski definition) is 3. The van der Waals surface area contributed by atoms with Gasteiger partial charge in [-0.2, -0.15) is 0 Å². The highest BCUT2D eigenvalue weighted by molar-refractivity contribution is 7.09. The maximum absolute atomic E-state index is 11.9. The van der Waals surface area contributed by atoms with E-state index in [4.69, 9.17) is 0 Å². The molecule has 0 aliphatic heterocycles. The molecule has 0 saturated carbocycles. The number of nitrogens with one attached hydrogen (secondary N) is 1. The molecule has 1 N–H and O–H groups in total. The molecule has 0 unspecified atom stereocenters. The number of rotatable bonds is 9. The molecule has 0 saturated heterocycles. The molecule has 0 radical (unpaired) electrons. The number of benzene rings is 1. The van der Waals surface area contributed by atoms with Gasteiger partial charge >= 0.3 is 0 Å². The normalized spacial score (nSPS) is 10.7. The molecule has 3 rings (SSSR count). The summed E-state index contributed by atoms with van der Waals surface area (Å²) in [7, 11) is 0. The van der Waals surface area contributed by atoms with E-state index in [2.05, 4.69) is 44.5 Å². The lowest BCUT2D eigenvalue weighted by molar-refractivity contribution is -0.121. The third-order valence-electron chi connectivity index (χ3n) is 4.08. The van der Waals surface area contributed by atoms with Gasteiger partial charge in [-0.15, -0.1) is 11.3 Å². The molecule has 130 valence electrons. The van der Waals surface area contributed by atoms with Gasteiger partial charge in [0.1, 0.15) is 5.82 Å². The lowest BCUT2D eigenvalue weighted by atomic mass is 10.2. The van der Waals surface area contributed by atoms with Crippen LogP contribution in [0.3, 0.4) is 0 Å². The van der Waals surface area contributed by atoms with Crippen LogP contribution in [0.25, 0.3) is 0 Å². The van der Waals surface area contributed by atoms with E-state index in [-0.39, 0.29) is 5.91 Å². The molecular weight excluding hydrogens is 330 g/mol. The van der Waals surface area contributed by atoms with Crippen molar-refractivity contribution in [3.05, 3.63) is 76.5 Å². The number of aromatic nitrogens is 2. The number of imidazole rings is 1. The zero-order valence-electron chi connectivity index (χ0n) is 14.2.